The van der Waals surface area contributed by atoms with Gasteiger partial charge in [0.25, 0.3) is 0 Å². The minimum Gasteiger partial charge on any atom is -0.497 e. The molecule has 1 aromatic carbocycles. The Morgan fingerprint density at radius 2 is 2.14 bits per heavy atom. The van der Waals surface area contributed by atoms with E-state index in [9.17, 15) is 9.90 Å². The highest BCUT2D eigenvalue weighted by Crippen LogP contribution is 2.22. The second kappa shape index (κ2) is 8.76. The van der Waals surface area contributed by atoms with E-state index in [-0.39, 0.29) is 12.5 Å². The molecule has 0 heterocycles. The van der Waals surface area contributed by atoms with Gasteiger partial charge in [-0.15, -0.1) is 0 Å². The lowest BCUT2D eigenvalue weighted by molar-refractivity contribution is -0.118. The molecule has 1 aromatic rings. The average molecular weight is 306 g/mol. The van der Waals surface area contributed by atoms with E-state index in [0.29, 0.717) is 19.1 Å². The minimum atomic E-state index is -0.0488. The number of nitrogens with one attached hydrogen (secondary N) is 1. The number of carbonyl (C=O) groups is 1. The van der Waals surface area contributed by atoms with E-state index in [2.05, 4.69) is 10.2 Å². The normalized spacial score (nSPS) is 15.8. The van der Waals surface area contributed by atoms with Gasteiger partial charge in [-0.3, -0.25) is 9.69 Å². The van der Waals surface area contributed by atoms with Crippen molar-refractivity contribution in [2.45, 2.75) is 38.1 Å². The summed E-state index contributed by atoms with van der Waals surface area (Å²) in [4.78, 5) is 14.4. The van der Waals surface area contributed by atoms with Gasteiger partial charge in [0.05, 0.1) is 20.3 Å². The van der Waals surface area contributed by atoms with Gasteiger partial charge in [-0.05, 0) is 25.0 Å². The van der Waals surface area contributed by atoms with Gasteiger partial charge in [-0.1, -0.05) is 25.3 Å². The van der Waals surface area contributed by atoms with Crippen LogP contribution in [0.1, 0.15) is 32.1 Å². The summed E-state index contributed by atoms with van der Waals surface area (Å²) in [6.07, 6.45) is 5.94. The fourth-order valence-corrected chi connectivity index (χ4v) is 3.05. The lowest BCUT2D eigenvalue weighted by Crippen LogP contribution is -2.43. The maximum atomic E-state index is 12.3. The van der Waals surface area contributed by atoms with Crippen molar-refractivity contribution >= 4 is 11.6 Å². The van der Waals surface area contributed by atoms with Gasteiger partial charge >= 0.3 is 0 Å². The molecule has 2 N–H and O–H groups in total. The molecular formula is C17H26N2O3. The first-order valence-electron chi connectivity index (χ1n) is 8.01. The summed E-state index contributed by atoms with van der Waals surface area (Å²) in [6, 6.07) is 7.75. The van der Waals surface area contributed by atoms with E-state index in [4.69, 9.17) is 4.74 Å². The molecule has 0 aromatic heterocycles. The molecule has 0 bridgehead atoms. The molecule has 1 aliphatic rings. The number of rotatable bonds is 7. The number of methoxy groups -OCH3 is 1. The van der Waals surface area contributed by atoms with Crippen molar-refractivity contribution in [1.29, 1.82) is 0 Å². The van der Waals surface area contributed by atoms with Gasteiger partial charge in [0, 0.05) is 24.3 Å². The van der Waals surface area contributed by atoms with E-state index in [1.165, 1.54) is 19.3 Å². The highest BCUT2D eigenvalue weighted by atomic mass is 16.5. The lowest BCUT2D eigenvalue weighted by Gasteiger charge is -2.33. The largest absolute Gasteiger partial charge is 0.497 e. The van der Waals surface area contributed by atoms with Crippen molar-refractivity contribution in [3.8, 4) is 5.75 Å². The van der Waals surface area contributed by atoms with Crippen molar-refractivity contribution in [2.75, 3.05) is 32.1 Å². The number of hydrogen-bond donors (Lipinski definition) is 2. The SMILES string of the molecule is COc1cccc(NC(=O)CN(CCO)C2CCCCC2)c1. The second-order valence-corrected chi connectivity index (χ2v) is 5.77. The number of hydrogen-bond acceptors (Lipinski definition) is 4. The number of amides is 1. The summed E-state index contributed by atoms with van der Waals surface area (Å²) in [5, 5.41) is 12.2. The summed E-state index contributed by atoms with van der Waals surface area (Å²) >= 11 is 0. The standard InChI is InChI=1S/C17H26N2O3/c1-22-16-9-5-6-14(12-16)18-17(21)13-19(10-11-20)15-7-3-2-4-8-15/h5-6,9,12,15,20H,2-4,7-8,10-11,13H2,1H3,(H,18,21). The van der Waals surface area contributed by atoms with E-state index < -0.39 is 0 Å². The Morgan fingerprint density at radius 1 is 1.36 bits per heavy atom. The van der Waals surface area contributed by atoms with Crippen LogP contribution in [0, 0.1) is 0 Å². The van der Waals surface area contributed by atoms with Crippen molar-refractivity contribution in [1.82, 2.24) is 4.90 Å². The summed E-state index contributed by atoms with van der Waals surface area (Å²) in [7, 11) is 1.60. The van der Waals surface area contributed by atoms with Crippen molar-refractivity contribution < 1.29 is 14.6 Å². The minimum absolute atomic E-state index is 0.0488. The fraction of sp³-hybridized carbons (Fsp3) is 0.588. The number of anilines is 1. The highest BCUT2D eigenvalue weighted by molar-refractivity contribution is 5.92. The summed E-state index contributed by atoms with van der Waals surface area (Å²) < 4.78 is 5.16. The molecular weight excluding hydrogens is 280 g/mol. The van der Waals surface area contributed by atoms with Gasteiger partial charge in [-0.2, -0.15) is 0 Å². The molecule has 1 fully saturated rings. The first-order chi connectivity index (χ1) is 10.7. The second-order valence-electron chi connectivity index (χ2n) is 5.77. The van der Waals surface area contributed by atoms with Gasteiger partial charge in [-0.25, -0.2) is 0 Å². The maximum absolute atomic E-state index is 12.3. The van der Waals surface area contributed by atoms with Crippen LogP contribution >= 0.6 is 0 Å². The van der Waals surface area contributed by atoms with Crippen LogP contribution in [-0.2, 0) is 4.79 Å². The molecule has 0 radical (unpaired) electrons. The Kier molecular flexibility index (Phi) is 6.68. The Morgan fingerprint density at radius 3 is 2.82 bits per heavy atom. The van der Waals surface area contributed by atoms with Gasteiger partial charge in [0.15, 0.2) is 0 Å². The molecule has 22 heavy (non-hydrogen) atoms. The van der Waals surface area contributed by atoms with Crippen LogP contribution in [0.5, 0.6) is 5.75 Å². The van der Waals surface area contributed by atoms with E-state index in [1.54, 1.807) is 13.2 Å². The number of benzene rings is 1. The van der Waals surface area contributed by atoms with E-state index >= 15 is 0 Å². The topological polar surface area (TPSA) is 61.8 Å². The van der Waals surface area contributed by atoms with Crippen LogP contribution < -0.4 is 10.1 Å². The van der Waals surface area contributed by atoms with Crippen molar-refractivity contribution in [3.05, 3.63) is 24.3 Å². The highest BCUT2D eigenvalue weighted by Gasteiger charge is 2.22. The molecule has 5 heteroatoms. The molecule has 0 aliphatic heterocycles. The monoisotopic (exact) mass is 306 g/mol. The molecule has 0 atom stereocenters. The third-order valence-corrected chi connectivity index (χ3v) is 4.18. The summed E-state index contributed by atoms with van der Waals surface area (Å²) in [5.74, 6) is 0.671. The predicted octanol–water partition coefficient (Wildman–Crippen LogP) is 2.26. The summed E-state index contributed by atoms with van der Waals surface area (Å²) in [5.41, 5.74) is 0.733. The Balaban J connectivity index is 1.92. The molecule has 0 unspecified atom stereocenters. The quantitative estimate of drug-likeness (QED) is 0.811. The fourth-order valence-electron chi connectivity index (χ4n) is 3.05. The first-order valence-corrected chi connectivity index (χ1v) is 8.01. The molecule has 5 nitrogen and oxygen atoms in total. The molecule has 122 valence electrons. The van der Waals surface area contributed by atoms with Crippen LogP contribution in [0.3, 0.4) is 0 Å². The molecule has 1 saturated carbocycles. The predicted molar refractivity (Wildman–Crippen MR) is 87.2 cm³/mol. The summed E-state index contributed by atoms with van der Waals surface area (Å²) in [6.45, 7) is 0.960. The van der Waals surface area contributed by atoms with Crippen LogP contribution in [0.25, 0.3) is 0 Å². The Hall–Kier alpha value is -1.59. The zero-order chi connectivity index (χ0) is 15.8. The van der Waals surface area contributed by atoms with Gasteiger partial charge < -0.3 is 15.2 Å². The van der Waals surface area contributed by atoms with E-state index in [1.807, 2.05) is 18.2 Å². The molecule has 2 rings (SSSR count). The maximum Gasteiger partial charge on any atom is 0.238 e. The van der Waals surface area contributed by atoms with Crippen LogP contribution in [0.2, 0.25) is 0 Å². The lowest BCUT2D eigenvalue weighted by atomic mass is 9.94. The molecule has 0 saturated heterocycles. The van der Waals surface area contributed by atoms with Crippen LogP contribution in [0.15, 0.2) is 24.3 Å². The molecule has 1 amide bonds. The number of carbonyl (C=O) groups excluding carboxylic acids is 1. The van der Waals surface area contributed by atoms with E-state index in [0.717, 1.165) is 24.3 Å². The van der Waals surface area contributed by atoms with Gasteiger partial charge in [0.2, 0.25) is 5.91 Å². The number of aliphatic hydroxyl groups excluding tert-OH is 1. The van der Waals surface area contributed by atoms with Crippen molar-refractivity contribution in [2.24, 2.45) is 0 Å². The Bertz CT molecular complexity index is 473. The number of aliphatic hydroxyl groups is 1. The number of ether oxygens (including phenoxy) is 1. The van der Waals surface area contributed by atoms with Gasteiger partial charge in [0.1, 0.15) is 5.75 Å². The molecule has 1 aliphatic carbocycles. The van der Waals surface area contributed by atoms with Crippen LogP contribution in [0.4, 0.5) is 5.69 Å². The zero-order valence-electron chi connectivity index (χ0n) is 13.3. The smallest absolute Gasteiger partial charge is 0.238 e. The molecule has 0 spiro atoms. The van der Waals surface area contributed by atoms with Crippen LogP contribution in [-0.4, -0.2) is 48.8 Å². The third kappa shape index (κ3) is 5.00. The average Bonchev–Trinajstić information content (AvgIpc) is 2.55. The van der Waals surface area contributed by atoms with Crippen molar-refractivity contribution in [3.63, 3.8) is 0 Å². The number of nitrogens with zero attached hydrogens (tertiary/aromatic N) is 1. The zero-order valence-corrected chi connectivity index (χ0v) is 13.3. The third-order valence-electron chi connectivity index (χ3n) is 4.18. The Labute approximate surface area is 132 Å². The first kappa shape index (κ1) is 16.8.